The summed E-state index contributed by atoms with van der Waals surface area (Å²) in [5.74, 6) is -0.255. The smallest absolute Gasteiger partial charge is 0.276 e. The number of fused-ring (bicyclic) bond motifs is 2. The minimum atomic E-state index is -0.255. The molecule has 0 aliphatic carbocycles. The van der Waals surface area contributed by atoms with Crippen LogP contribution in [0.2, 0.25) is 0 Å². The van der Waals surface area contributed by atoms with E-state index in [4.69, 9.17) is 0 Å². The van der Waals surface area contributed by atoms with Crippen molar-refractivity contribution in [2.45, 2.75) is 0 Å². The molecule has 0 saturated heterocycles. The third kappa shape index (κ3) is 1.85. The molecule has 4 rings (SSSR count). The zero-order chi connectivity index (χ0) is 14.2. The molecule has 21 heavy (non-hydrogen) atoms. The summed E-state index contributed by atoms with van der Waals surface area (Å²) in [4.78, 5) is 12.4. The quantitative estimate of drug-likeness (QED) is 0.526. The Morgan fingerprint density at radius 2 is 1.95 bits per heavy atom. The Labute approximate surface area is 119 Å². The highest BCUT2D eigenvalue weighted by Crippen LogP contribution is 2.22. The first kappa shape index (κ1) is 11.7. The van der Waals surface area contributed by atoms with E-state index in [0.717, 1.165) is 21.8 Å². The van der Waals surface area contributed by atoms with E-state index in [1.165, 1.54) is 0 Å². The molecular formula is C15H11N5O. The van der Waals surface area contributed by atoms with Crippen LogP contribution in [0.1, 0.15) is 10.5 Å². The molecule has 0 aliphatic rings. The van der Waals surface area contributed by atoms with Crippen molar-refractivity contribution in [2.75, 3.05) is 5.32 Å². The van der Waals surface area contributed by atoms with E-state index in [-0.39, 0.29) is 5.91 Å². The van der Waals surface area contributed by atoms with Crippen LogP contribution in [-0.4, -0.2) is 26.3 Å². The van der Waals surface area contributed by atoms with Gasteiger partial charge in [-0.05, 0) is 12.1 Å². The molecule has 6 heteroatoms. The molecule has 6 nitrogen and oxygen atoms in total. The summed E-state index contributed by atoms with van der Waals surface area (Å²) in [7, 11) is 0. The lowest BCUT2D eigenvalue weighted by Crippen LogP contribution is -2.13. The fraction of sp³-hybridized carbons (Fsp3) is 0. The number of rotatable bonds is 2. The minimum absolute atomic E-state index is 0.255. The summed E-state index contributed by atoms with van der Waals surface area (Å²) in [6.07, 6.45) is 1.72. The second kappa shape index (κ2) is 4.45. The Hall–Kier alpha value is -3.15. The zero-order valence-corrected chi connectivity index (χ0v) is 10.9. The lowest BCUT2D eigenvalue weighted by molar-refractivity contribution is 0.102. The molecule has 0 bridgehead atoms. The van der Waals surface area contributed by atoms with E-state index in [2.05, 4.69) is 25.7 Å². The van der Waals surface area contributed by atoms with Gasteiger partial charge in [0.05, 0.1) is 22.9 Å². The third-order valence-electron chi connectivity index (χ3n) is 3.41. The van der Waals surface area contributed by atoms with Gasteiger partial charge in [0, 0.05) is 10.8 Å². The highest BCUT2D eigenvalue weighted by molar-refractivity contribution is 6.13. The fourth-order valence-corrected chi connectivity index (χ4v) is 2.39. The van der Waals surface area contributed by atoms with Crippen LogP contribution in [0.5, 0.6) is 0 Å². The maximum atomic E-state index is 12.4. The van der Waals surface area contributed by atoms with Crippen LogP contribution in [0.3, 0.4) is 0 Å². The molecule has 0 fully saturated rings. The van der Waals surface area contributed by atoms with E-state index in [1.54, 1.807) is 6.20 Å². The van der Waals surface area contributed by atoms with Gasteiger partial charge < -0.3 is 5.32 Å². The number of para-hydroxylation sites is 2. The van der Waals surface area contributed by atoms with Crippen LogP contribution in [0.4, 0.5) is 5.69 Å². The number of aromatic nitrogens is 4. The van der Waals surface area contributed by atoms with Gasteiger partial charge in [-0.2, -0.15) is 10.2 Å². The summed E-state index contributed by atoms with van der Waals surface area (Å²) in [6.45, 7) is 0. The van der Waals surface area contributed by atoms with Gasteiger partial charge in [0.1, 0.15) is 0 Å². The van der Waals surface area contributed by atoms with Crippen molar-refractivity contribution in [1.82, 2.24) is 20.4 Å². The molecule has 1 amide bonds. The summed E-state index contributed by atoms with van der Waals surface area (Å²) in [5, 5.41) is 18.4. The molecule has 0 spiro atoms. The molecule has 0 aliphatic heterocycles. The Bertz CT molecular complexity index is 953. The largest absolute Gasteiger partial charge is 0.319 e. The number of hydrogen-bond donors (Lipinski definition) is 3. The van der Waals surface area contributed by atoms with Gasteiger partial charge in [0.25, 0.3) is 5.91 Å². The van der Waals surface area contributed by atoms with Gasteiger partial charge in [-0.25, -0.2) is 0 Å². The van der Waals surface area contributed by atoms with E-state index in [9.17, 15) is 4.79 Å². The number of hydrogen-bond acceptors (Lipinski definition) is 3. The third-order valence-corrected chi connectivity index (χ3v) is 3.41. The Morgan fingerprint density at radius 3 is 2.90 bits per heavy atom. The van der Waals surface area contributed by atoms with Gasteiger partial charge in [0.2, 0.25) is 0 Å². The van der Waals surface area contributed by atoms with Gasteiger partial charge in [-0.3, -0.25) is 15.0 Å². The predicted octanol–water partition coefficient (Wildman–Crippen LogP) is 2.69. The van der Waals surface area contributed by atoms with E-state index in [1.807, 2.05) is 42.5 Å². The van der Waals surface area contributed by atoms with Crippen molar-refractivity contribution in [3.05, 3.63) is 54.4 Å². The highest BCUT2D eigenvalue weighted by Gasteiger charge is 2.15. The van der Waals surface area contributed by atoms with Crippen molar-refractivity contribution in [3.63, 3.8) is 0 Å². The number of nitrogens with one attached hydrogen (secondary N) is 3. The maximum Gasteiger partial charge on any atom is 0.276 e. The molecule has 0 radical (unpaired) electrons. The van der Waals surface area contributed by atoms with Crippen LogP contribution in [0.25, 0.3) is 21.8 Å². The minimum Gasteiger partial charge on any atom is -0.319 e. The highest BCUT2D eigenvalue weighted by atomic mass is 16.1. The number of anilines is 1. The van der Waals surface area contributed by atoms with Crippen molar-refractivity contribution in [2.24, 2.45) is 0 Å². The summed E-state index contributed by atoms with van der Waals surface area (Å²) in [5.41, 5.74) is 2.69. The topological polar surface area (TPSA) is 86.5 Å². The fourth-order valence-electron chi connectivity index (χ4n) is 2.39. The van der Waals surface area contributed by atoms with Crippen molar-refractivity contribution in [3.8, 4) is 0 Å². The Morgan fingerprint density at radius 1 is 1.05 bits per heavy atom. The first-order valence-electron chi connectivity index (χ1n) is 6.49. The first-order chi connectivity index (χ1) is 10.3. The van der Waals surface area contributed by atoms with Gasteiger partial charge in [-0.15, -0.1) is 0 Å². The molecule has 2 aromatic heterocycles. The van der Waals surface area contributed by atoms with Crippen LogP contribution >= 0.6 is 0 Å². The van der Waals surface area contributed by atoms with E-state index < -0.39 is 0 Å². The van der Waals surface area contributed by atoms with Crippen molar-refractivity contribution in [1.29, 1.82) is 0 Å². The molecule has 3 N–H and O–H groups in total. The van der Waals surface area contributed by atoms with Crippen LogP contribution < -0.4 is 5.32 Å². The van der Waals surface area contributed by atoms with Crippen LogP contribution in [-0.2, 0) is 0 Å². The molecular weight excluding hydrogens is 266 g/mol. The van der Waals surface area contributed by atoms with Crippen LogP contribution in [0, 0.1) is 0 Å². The average molecular weight is 277 g/mol. The lowest BCUT2D eigenvalue weighted by atomic mass is 10.2. The first-order valence-corrected chi connectivity index (χ1v) is 6.49. The van der Waals surface area contributed by atoms with Gasteiger partial charge >= 0.3 is 0 Å². The van der Waals surface area contributed by atoms with E-state index >= 15 is 0 Å². The summed E-state index contributed by atoms with van der Waals surface area (Å²) in [6, 6.07) is 13.2. The predicted molar refractivity (Wildman–Crippen MR) is 80.1 cm³/mol. The van der Waals surface area contributed by atoms with Crippen molar-refractivity contribution >= 4 is 33.4 Å². The molecule has 102 valence electrons. The molecule has 0 saturated carbocycles. The normalized spacial score (nSPS) is 11.0. The van der Waals surface area contributed by atoms with Gasteiger partial charge in [-0.1, -0.05) is 30.3 Å². The number of H-pyrrole nitrogens is 2. The summed E-state index contributed by atoms with van der Waals surface area (Å²) >= 11 is 0. The number of aromatic amines is 2. The molecule has 2 heterocycles. The number of benzene rings is 2. The number of carbonyl (C=O) groups is 1. The number of amides is 1. The Kier molecular flexibility index (Phi) is 2.47. The molecule has 0 atom stereocenters. The number of nitrogens with zero attached hydrogens (tertiary/aromatic N) is 2. The average Bonchev–Trinajstić information content (AvgIpc) is 3.14. The number of carbonyl (C=O) groups excluding carboxylic acids is 1. The van der Waals surface area contributed by atoms with Crippen molar-refractivity contribution < 1.29 is 4.79 Å². The lowest BCUT2D eigenvalue weighted by Gasteiger charge is -2.04. The second-order valence-electron chi connectivity index (χ2n) is 4.71. The van der Waals surface area contributed by atoms with Crippen LogP contribution in [0.15, 0.2) is 48.7 Å². The SMILES string of the molecule is O=C(Nc1cccc2cn[nH]c12)c1n[nH]c2ccccc12. The van der Waals surface area contributed by atoms with Gasteiger partial charge in [0.15, 0.2) is 5.69 Å². The maximum absolute atomic E-state index is 12.4. The second-order valence-corrected chi connectivity index (χ2v) is 4.71. The summed E-state index contributed by atoms with van der Waals surface area (Å²) < 4.78 is 0. The molecule has 4 aromatic rings. The molecule has 0 unspecified atom stereocenters. The van der Waals surface area contributed by atoms with E-state index in [0.29, 0.717) is 11.4 Å². The standard InChI is InChI=1S/C15H11N5O/c21-15(14-10-5-1-2-6-11(10)18-20-14)17-12-7-3-4-9-8-16-19-13(9)12/h1-8H,(H,16,19)(H,17,21)(H,18,20). The Balaban J connectivity index is 1.74. The zero-order valence-electron chi connectivity index (χ0n) is 10.9. The molecule has 2 aromatic carbocycles. The monoisotopic (exact) mass is 277 g/mol.